The zero-order chi connectivity index (χ0) is 7.56. The van der Waals surface area contributed by atoms with Gasteiger partial charge in [-0.2, -0.15) is 0 Å². The number of alkyl halides is 2. The van der Waals surface area contributed by atoms with Gasteiger partial charge in [-0.25, -0.2) is 8.78 Å². The van der Waals surface area contributed by atoms with Crippen LogP contribution in [0.1, 0.15) is 19.8 Å². The molecule has 1 saturated heterocycles. The third-order valence-electron chi connectivity index (χ3n) is 1.66. The average Bonchev–Trinajstić information content (AvgIpc) is 1.93. The molecule has 1 aliphatic heterocycles. The Labute approximate surface area is 59.4 Å². The van der Waals surface area contributed by atoms with Crippen LogP contribution in [0.5, 0.6) is 0 Å². The lowest BCUT2D eigenvalue weighted by molar-refractivity contribution is 0.0406. The number of ether oxygens (including phenoxy) is 1. The molecule has 1 heterocycles. The summed E-state index contributed by atoms with van der Waals surface area (Å²) < 4.78 is 30.1. The molecule has 1 rings (SSSR count). The summed E-state index contributed by atoms with van der Waals surface area (Å²) in [6.45, 7) is 1.83. The van der Waals surface area contributed by atoms with Crippen molar-refractivity contribution in [2.45, 2.75) is 38.2 Å². The van der Waals surface area contributed by atoms with Crippen molar-refractivity contribution >= 4 is 0 Å². The Bertz CT molecular complexity index is 95.8. The molecular formula is C7H12F2O. The first kappa shape index (κ1) is 7.92. The third-order valence-corrected chi connectivity index (χ3v) is 1.66. The summed E-state index contributed by atoms with van der Waals surface area (Å²) >= 11 is 0. The number of hydrogen-bond acceptors (Lipinski definition) is 1. The van der Waals surface area contributed by atoms with Crippen LogP contribution >= 0.6 is 0 Å². The fourth-order valence-electron chi connectivity index (χ4n) is 1.14. The van der Waals surface area contributed by atoms with E-state index in [2.05, 4.69) is 0 Å². The van der Waals surface area contributed by atoms with Gasteiger partial charge in [0.15, 0.2) is 0 Å². The van der Waals surface area contributed by atoms with Gasteiger partial charge in [-0.1, -0.05) is 0 Å². The van der Waals surface area contributed by atoms with Crippen molar-refractivity contribution in [1.82, 2.24) is 0 Å². The molecule has 1 nitrogen and oxygen atoms in total. The maximum absolute atomic E-state index is 12.6. The van der Waals surface area contributed by atoms with Gasteiger partial charge in [-0.05, 0) is 6.92 Å². The second-order valence-corrected chi connectivity index (χ2v) is 2.81. The molecular weight excluding hydrogens is 138 g/mol. The zero-order valence-corrected chi connectivity index (χ0v) is 6.02. The number of halogens is 2. The monoisotopic (exact) mass is 150 g/mol. The van der Waals surface area contributed by atoms with E-state index in [9.17, 15) is 8.78 Å². The van der Waals surface area contributed by atoms with E-state index >= 15 is 0 Å². The molecule has 1 aliphatic rings. The summed E-state index contributed by atoms with van der Waals surface area (Å²) in [5.41, 5.74) is 0. The lowest BCUT2D eigenvalue weighted by Crippen LogP contribution is -2.10. The summed E-state index contributed by atoms with van der Waals surface area (Å²) in [7, 11) is 0. The van der Waals surface area contributed by atoms with E-state index in [0.29, 0.717) is 6.42 Å². The van der Waals surface area contributed by atoms with Crippen LogP contribution in [-0.4, -0.2) is 25.1 Å². The van der Waals surface area contributed by atoms with E-state index in [1.54, 1.807) is 6.92 Å². The van der Waals surface area contributed by atoms with E-state index in [1.165, 1.54) is 0 Å². The quantitative estimate of drug-likeness (QED) is 0.512. The van der Waals surface area contributed by atoms with E-state index < -0.39 is 12.3 Å². The van der Waals surface area contributed by atoms with Gasteiger partial charge in [-0.15, -0.1) is 0 Å². The molecule has 0 aliphatic carbocycles. The van der Waals surface area contributed by atoms with Crippen LogP contribution in [0, 0.1) is 0 Å². The highest BCUT2D eigenvalue weighted by Gasteiger charge is 2.23. The second-order valence-electron chi connectivity index (χ2n) is 2.81. The van der Waals surface area contributed by atoms with Crippen molar-refractivity contribution in [3.63, 3.8) is 0 Å². The fraction of sp³-hybridized carbons (Fsp3) is 1.00. The molecule has 0 radical (unpaired) electrons. The van der Waals surface area contributed by atoms with Crippen LogP contribution in [0.2, 0.25) is 0 Å². The molecule has 0 aromatic heterocycles. The predicted molar refractivity (Wildman–Crippen MR) is 34.4 cm³/mol. The fourth-order valence-corrected chi connectivity index (χ4v) is 1.14. The number of hydrogen-bond donors (Lipinski definition) is 0. The van der Waals surface area contributed by atoms with Gasteiger partial charge in [0.1, 0.15) is 12.3 Å². The highest BCUT2D eigenvalue weighted by molar-refractivity contribution is 4.71. The first-order chi connectivity index (χ1) is 4.68. The Morgan fingerprint density at radius 1 is 1.20 bits per heavy atom. The summed E-state index contributed by atoms with van der Waals surface area (Å²) in [4.78, 5) is 0. The van der Waals surface area contributed by atoms with Gasteiger partial charge >= 0.3 is 0 Å². The lowest BCUT2D eigenvalue weighted by atomic mass is 10.1. The minimum absolute atomic E-state index is 0.00431. The summed E-state index contributed by atoms with van der Waals surface area (Å²) in [6, 6.07) is 0. The first-order valence-corrected chi connectivity index (χ1v) is 3.58. The molecule has 3 atom stereocenters. The number of rotatable bonds is 0. The van der Waals surface area contributed by atoms with Gasteiger partial charge in [0.05, 0.1) is 12.7 Å². The molecule has 1 fully saturated rings. The van der Waals surface area contributed by atoms with Crippen LogP contribution < -0.4 is 0 Å². The Morgan fingerprint density at radius 3 is 2.60 bits per heavy atom. The smallest absolute Gasteiger partial charge is 0.126 e. The Morgan fingerprint density at radius 2 is 1.90 bits per heavy atom. The van der Waals surface area contributed by atoms with Gasteiger partial charge in [0, 0.05) is 12.8 Å². The normalized spacial score (nSPS) is 42.9. The van der Waals surface area contributed by atoms with Crippen molar-refractivity contribution < 1.29 is 13.5 Å². The van der Waals surface area contributed by atoms with E-state index in [-0.39, 0.29) is 19.1 Å². The Balaban J connectivity index is 2.38. The van der Waals surface area contributed by atoms with Crippen molar-refractivity contribution in [1.29, 1.82) is 0 Å². The molecule has 0 saturated carbocycles. The van der Waals surface area contributed by atoms with Crippen LogP contribution in [0.25, 0.3) is 0 Å². The predicted octanol–water partition coefficient (Wildman–Crippen LogP) is 1.86. The SMILES string of the molecule is CC1CC(F)CC(F)CO1. The Hall–Kier alpha value is -0.180. The van der Waals surface area contributed by atoms with Crippen molar-refractivity contribution in [2.24, 2.45) is 0 Å². The molecule has 60 valence electrons. The van der Waals surface area contributed by atoms with E-state index in [4.69, 9.17) is 4.74 Å². The summed E-state index contributed by atoms with van der Waals surface area (Å²) in [6.07, 6.45) is -1.92. The standard InChI is InChI=1S/C7H12F2O/c1-5-2-6(8)3-7(9)4-10-5/h5-7H,2-4H2,1H3. The van der Waals surface area contributed by atoms with Crippen LogP contribution in [0.3, 0.4) is 0 Å². The summed E-state index contributed by atoms with van der Waals surface area (Å²) in [5, 5.41) is 0. The molecule has 10 heavy (non-hydrogen) atoms. The molecule has 0 N–H and O–H groups in total. The zero-order valence-electron chi connectivity index (χ0n) is 6.02. The first-order valence-electron chi connectivity index (χ1n) is 3.58. The molecule has 0 spiro atoms. The van der Waals surface area contributed by atoms with Crippen molar-refractivity contribution in [3.05, 3.63) is 0 Å². The Kier molecular flexibility index (Phi) is 2.60. The maximum atomic E-state index is 12.6. The van der Waals surface area contributed by atoms with Crippen LogP contribution in [0.15, 0.2) is 0 Å². The molecule has 3 unspecified atom stereocenters. The van der Waals surface area contributed by atoms with Crippen LogP contribution in [0.4, 0.5) is 8.78 Å². The van der Waals surface area contributed by atoms with Crippen molar-refractivity contribution in [3.8, 4) is 0 Å². The second kappa shape index (κ2) is 3.28. The highest BCUT2D eigenvalue weighted by atomic mass is 19.1. The maximum Gasteiger partial charge on any atom is 0.126 e. The third kappa shape index (κ3) is 2.21. The van der Waals surface area contributed by atoms with Crippen molar-refractivity contribution in [2.75, 3.05) is 6.61 Å². The highest BCUT2D eigenvalue weighted by Crippen LogP contribution is 2.18. The molecule has 0 aromatic rings. The topological polar surface area (TPSA) is 9.23 Å². The molecule has 3 heteroatoms. The lowest BCUT2D eigenvalue weighted by Gasteiger charge is -2.07. The van der Waals surface area contributed by atoms with E-state index in [1.807, 2.05) is 0 Å². The van der Waals surface area contributed by atoms with Gasteiger partial charge in [-0.3, -0.25) is 0 Å². The molecule has 0 aromatic carbocycles. The largest absolute Gasteiger partial charge is 0.375 e. The van der Waals surface area contributed by atoms with Gasteiger partial charge < -0.3 is 4.74 Å². The minimum Gasteiger partial charge on any atom is -0.375 e. The van der Waals surface area contributed by atoms with Gasteiger partial charge in [0.2, 0.25) is 0 Å². The van der Waals surface area contributed by atoms with Gasteiger partial charge in [0.25, 0.3) is 0 Å². The van der Waals surface area contributed by atoms with E-state index in [0.717, 1.165) is 0 Å². The minimum atomic E-state index is -1.11. The summed E-state index contributed by atoms with van der Waals surface area (Å²) in [5.74, 6) is 0. The average molecular weight is 150 g/mol. The molecule has 0 amide bonds. The molecule has 0 bridgehead atoms. The van der Waals surface area contributed by atoms with Crippen LogP contribution in [-0.2, 0) is 4.74 Å².